The first-order valence-corrected chi connectivity index (χ1v) is 12.0. The third-order valence-electron chi connectivity index (χ3n) is 5.24. The first-order chi connectivity index (χ1) is 13.8. The van der Waals surface area contributed by atoms with Crippen LogP contribution in [0.1, 0.15) is 77.6 Å². The Morgan fingerprint density at radius 1 is 1.07 bits per heavy atom. The van der Waals surface area contributed by atoms with Gasteiger partial charge in [-0.1, -0.05) is 101 Å². The Bertz CT molecular complexity index is 596. The van der Waals surface area contributed by atoms with Gasteiger partial charge in [0.15, 0.2) is 0 Å². The molecule has 0 spiro atoms. The summed E-state index contributed by atoms with van der Waals surface area (Å²) in [5, 5.41) is 0. The van der Waals surface area contributed by atoms with Crippen LogP contribution in [0, 0.1) is 5.92 Å². The quantitative estimate of drug-likeness (QED) is 0.108. The molecule has 28 heavy (non-hydrogen) atoms. The highest BCUT2D eigenvalue weighted by Gasteiger charge is 2.16. The highest BCUT2D eigenvalue weighted by atomic mass is 32.2. The lowest BCUT2D eigenvalue weighted by molar-refractivity contribution is 0.253. The maximum absolute atomic E-state index is 6.18. The van der Waals surface area contributed by atoms with E-state index in [9.17, 15) is 0 Å². The fraction of sp³-hybridized carbons (Fsp3) is 0.538. The fourth-order valence-electron chi connectivity index (χ4n) is 3.65. The summed E-state index contributed by atoms with van der Waals surface area (Å²) >= 11 is 1.84. The topological polar surface area (TPSA) is 9.23 Å². The highest BCUT2D eigenvalue weighted by Crippen LogP contribution is 2.35. The van der Waals surface area contributed by atoms with Crippen LogP contribution in [0.4, 0.5) is 0 Å². The molecule has 0 aliphatic heterocycles. The predicted octanol–water partition coefficient (Wildman–Crippen LogP) is 8.69. The minimum atomic E-state index is 0.571. The van der Waals surface area contributed by atoms with Gasteiger partial charge in [0.05, 0.1) is 0 Å². The van der Waals surface area contributed by atoms with E-state index < -0.39 is 0 Å². The number of rotatable bonds is 13. The van der Waals surface area contributed by atoms with Gasteiger partial charge in [-0.15, -0.1) is 0 Å². The van der Waals surface area contributed by atoms with Crippen LogP contribution in [0.5, 0.6) is 0 Å². The van der Waals surface area contributed by atoms with Crippen molar-refractivity contribution in [2.45, 2.75) is 82.4 Å². The molecule has 0 radical (unpaired) electrons. The molecular weight excluding hydrogens is 360 g/mol. The number of thioether (sulfide) groups is 1. The van der Waals surface area contributed by atoms with Crippen LogP contribution in [-0.4, -0.2) is 6.61 Å². The van der Waals surface area contributed by atoms with E-state index >= 15 is 0 Å². The van der Waals surface area contributed by atoms with E-state index in [-0.39, 0.29) is 0 Å². The van der Waals surface area contributed by atoms with Crippen molar-refractivity contribution in [3.05, 3.63) is 65.8 Å². The molecule has 0 heterocycles. The van der Waals surface area contributed by atoms with Crippen molar-refractivity contribution in [2.75, 3.05) is 6.61 Å². The van der Waals surface area contributed by atoms with Crippen LogP contribution >= 0.6 is 11.8 Å². The molecule has 0 bridgehead atoms. The van der Waals surface area contributed by atoms with Gasteiger partial charge in [-0.2, -0.15) is 0 Å². The van der Waals surface area contributed by atoms with Crippen LogP contribution in [0.15, 0.2) is 70.7 Å². The molecular formula is C26H38OS. The molecule has 1 saturated carbocycles. The molecule has 1 aromatic rings. The van der Waals surface area contributed by atoms with Gasteiger partial charge in [0.2, 0.25) is 0 Å². The highest BCUT2D eigenvalue weighted by molar-refractivity contribution is 8.03. The van der Waals surface area contributed by atoms with Gasteiger partial charge in [0, 0.05) is 9.80 Å². The monoisotopic (exact) mass is 398 g/mol. The predicted molar refractivity (Wildman–Crippen MR) is 125 cm³/mol. The van der Waals surface area contributed by atoms with Crippen LogP contribution in [0.2, 0.25) is 0 Å². The molecule has 0 aromatic heterocycles. The van der Waals surface area contributed by atoms with Crippen LogP contribution in [0.3, 0.4) is 0 Å². The van der Waals surface area contributed by atoms with Crippen molar-refractivity contribution in [2.24, 2.45) is 5.92 Å². The van der Waals surface area contributed by atoms with E-state index in [0.29, 0.717) is 12.5 Å². The Kier molecular flexibility index (Phi) is 11.9. The Hall–Kier alpha value is -1.41. The van der Waals surface area contributed by atoms with Gasteiger partial charge < -0.3 is 4.74 Å². The average Bonchev–Trinajstić information content (AvgIpc) is 2.74. The zero-order chi connectivity index (χ0) is 19.9. The van der Waals surface area contributed by atoms with Gasteiger partial charge in [-0.05, 0) is 49.8 Å². The van der Waals surface area contributed by atoms with Crippen molar-refractivity contribution in [1.82, 2.24) is 0 Å². The number of unbranched alkanes of at least 4 members (excludes halogenated alkanes) is 5. The Morgan fingerprint density at radius 2 is 1.82 bits per heavy atom. The second-order valence-electron chi connectivity index (χ2n) is 7.72. The largest absolute Gasteiger partial charge is 0.489 e. The van der Waals surface area contributed by atoms with Crippen molar-refractivity contribution in [1.29, 1.82) is 0 Å². The molecule has 0 saturated heterocycles. The lowest BCUT2D eigenvalue weighted by Crippen LogP contribution is -2.06. The minimum Gasteiger partial charge on any atom is -0.489 e. The lowest BCUT2D eigenvalue weighted by atomic mass is 9.89. The normalized spacial score (nSPS) is 16.2. The number of hydrogen-bond acceptors (Lipinski definition) is 2. The van der Waals surface area contributed by atoms with E-state index in [1.54, 1.807) is 0 Å². The Balaban J connectivity index is 2.13. The summed E-state index contributed by atoms with van der Waals surface area (Å²) < 4.78 is 6.18. The molecule has 154 valence electrons. The molecule has 1 aliphatic rings. The van der Waals surface area contributed by atoms with Crippen LogP contribution < -0.4 is 0 Å². The van der Waals surface area contributed by atoms with Gasteiger partial charge in [-0.25, -0.2) is 0 Å². The van der Waals surface area contributed by atoms with E-state index in [2.05, 4.69) is 56.0 Å². The summed E-state index contributed by atoms with van der Waals surface area (Å²) in [6.45, 7) is 6.69. The fourth-order valence-corrected chi connectivity index (χ4v) is 4.63. The van der Waals surface area contributed by atoms with Crippen molar-refractivity contribution in [3.63, 3.8) is 0 Å². The van der Waals surface area contributed by atoms with Crippen molar-refractivity contribution < 1.29 is 4.74 Å². The molecule has 0 N–H and O–H groups in total. The molecule has 1 nitrogen and oxygen atoms in total. The van der Waals surface area contributed by atoms with Gasteiger partial charge in [0.25, 0.3) is 0 Å². The molecule has 1 fully saturated rings. The Morgan fingerprint density at radius 3 is 2.54 bits per heavy atom. The molecule has 0 amide bonds. The van der Waals surface area contributed by atoms with Gasteiger partial charge in [0.1, 0.15) is 12.4 Å². The van der Waals surface area contributed by atoms with E-state index in [1.807, 2.05) is 17.8 Å². The molecule has 1 aromatic carbocycles. The molecule has 2 rings (SSSR count). The smallest absolute Gasteiger partial charge is 0.129 e. The lowest BCUT2D eigenvalue weighted by Gasteiger charge is -2.21. The zero-order valence-electron chi connectivity index (χ0n) is 17.7. The number of allylic oxidation sites excluding steroid dienone is 2. The second kappa shape index (κ2) is 14.6. The molecule has 0 unspecified atom stereocenters. The van der Waals surface area contributed by atoms with Crippen molar-refractivity contribution >= 4 is 11.8 Å². The number of hydrogen-bond donors (Lipinski definition) is 0. The van der Waals surface area contributed by atoms with Crippen LogP contribution in [-0.2, 0) is 4.74 Å². The first-order valence-electron chi connectivity index (χ1n) is 11.2. The summed E-state index contributed by atoms with van der Waals surface area (Å²) in [6.07, 6.45) is 21.0. The number of ether oxygens (including phenoxy) is 1. The average molecular weight is 399 g/mol. The zero-order valence-corrected chi connectivity index (χ0v) is 18.5. The summed E-state index contributed by atoms with van der Waals surface area (Å²) in [5.41, 5.74) is 0. The van der Waals surface area contributed by atoms with E-state index in [0.717, 1.165) is 12.2 Å². The third kappa shape index (κ3) is 9.19. The Labute approximate surface area is 177 Å². The molecule has 2 heteroatoms. The van der Waals surface area contributed by atoms with Crippen LogP contribution in [0.25, 0.3) is 0 Å². The summed E-state index contributed by atoms with van der Waals surface area (Å²) in [4.78, 5) is 2.55. The molecule has 0 atom stereocenters. The first kappa shape index (κ1) is 22.9. The van der Waals surface area contributed by atoms with Gasteiger partial charge in [-0.3, -0.25) is 0 Å². The van der Waals surface area contributed by atoms with E-state index in [4.69, 9.17) is 4.74 Å². The maximum Gasteiger partial charge on any atom is 0.129 e. The third-order valence-corrected chi connectivity index (χ3v) is 6.34. The summed E-state index contributed by atoms with van der Waals surface area (Å²) in [7, 11) is 0. The maximum atomic E-state index is 6.18. The van der Waals surface area contributed by atoms with E-state index in [1.165, 1.54) is 74.0 Å². The number of benzene rings is 1. The van der Waals surface area contributed by atoms with Gasteiger partial charge >= 0.3 is 0 Å². The standard InChI is InChI=1S/C26H38OS/c1-3-5-6-7-8-15-20-26(28-24-18-13-10-14-19-24)25(27-21-4-2)22-23-16-11-9-12-17-23/h4,10,13-14,18-20,22-23H,2-3,5-9,11-12,15-17,21H2,1H3/b25-22-,26-20-. The van der Waals surface area contributed by atoms with Crippen molar-refractivity contribution in [3.8, 4) is 0 Å². The summed E-state index contributed by atoms with van der Waals surface area (Å²) in [5.74, 6) is 1.71. The molecule has 1 aliphatic carbocycles. The minimum absolute atomic E-state index is 0.571. The SMILES string of the molecule is C=CCOC(=C\C1CCCCC1)/C(=C/CCCCCCC)Sc1ccccc1. The summed E-state index contributed by atoms with van der Waals surface area (Å²) in [6, 6.07) is 10.7. The second-order valence-corrected chi connectivity index (χ2v) is 8.83.